The standard InChI is InChI=1S/C19H35N3O3/c1-14(2)15-6-4-7-16(12-15)20-19(25)22-10-5-8-17(9-11-22)21(3)13-18(23)24/h14-17H,4-13H2,1-3H3,(H,20,25)(H,23,24). The van der Waals surface area contributed by atoms with E-state index in [-0.39, 0.29) is 18.6 Å². The van der Waals surface area contributed by atoms with Crippen LogP contribution in [0.5, 0.6) is 0 Å². The number of likely N-dealkylation sites (tertiary alicyclic amines) is 1. The number of carboxylic acids is 1. The summed E-state index contributed by atoms with van der Waals surface area (Å²) >= 11 is 0. The van der Waals surface area contributed by atoms with Gasteiger partial charge in [0.05, 0.1) is 6.54 Å². The third-order valence-corrected chi connectivity index (χ3v) is 5.98. The van der Waals surface area contributed by atoms with Gasteiger partial charge in [-0.3, -0.25) is 9.69 Å². The lowest BCUT2D eigenvalue weighted by molar-refractivity contribution is -0.138. The quantitative estimate of drug-likeness (QED) is 0.797. The summed E-state index contributed by atoms with van der Waals surface area (Å²) in [6.07, 6.45) is 7.40. The average Bonchev–Trinajstić information content (AvgIpc) is 2.80. The molecule has 1 aliphatic carbocycles. The molecule has 6 nitrogen and oxygen atoms in total. The second-order valence-electron chi connectivity index (χ2n) is 8.20. The third-order valence-electron chi connectivity index (χ3n) is 5.98. The van der Waals surface area contributed by atoms with Crippen LogP contribution in [0.15, 0.2) is 0 Å². The number of aliphatic carboxylic acids is 1. The Kier molecular flexibility index (Phi) is 7.54. The molecule has 0 spiro atoms. The molecule has 25 heavy (non-hydrogen) atoms. The van der Waals surface area contributed by atoms with Gasteiger partial charge in [-0.25, -0.2) is 4.79 Å². The number of carbonyl (C=O) groups excluding carboxylic acids is 1. The fourth-order valence-electron chi connectivity index (χ4n) is 4.30. The zero-order chi connectivity index (χ0) is 18.4. The second kappa shape index (κ2) is 9.41. The molecule has 3 atom stereocenters. The lowest BCUT2D eigenvalue weighted by Crippen LogP contribution is -2.47. The molecule has 1 saturated heterocycles. The first-order chi connectivity index (χ1) is 11.9. The van der Waals surface area contributed by atoms with Crippen molar-refractivity contribution >= 4 is 12.0 Å². The first-order valence-electron chi connectivity index (χ1n) is 9.84. The van der Waals surface area contributed by atoms with Crippen molar-refractivity contribution < 1.29 is 14.7 Å². The number of carbonyl (C=O) groups is 2. The number of urea groups is 1. The number of hydrogen-bond acceptors (Lipinski definition) is 3. The summed E-state index contributed by atoms with van der Waals surface area (Å²) in [5, 5.41) is 12.2. The van der Waals surface area contributed by atoms with Crippen molar-refractivity contribution in [2.24, 2.45) is 11.8 Å². The molecule has 2 amide bonds. The van der Waals surface area contributed by atoms with E-state index in [0.717, 1.165) is 44.6 Å². The highest BCUT2D eigenvalue weighted by Crippen LogP contribution is 2.30. The van der Waals surface area contributed by atoms with Crippen molar-refractivity contribution in [2.45, 2.75) is 70.9 Å². The minimum absolute atomic E-state index is 0.0650. The van der Waals surface area contributed by atoms with Crippen molar-refractivity contribution in [3.8, 4) is 0 Å². The van der Waals surface area contributed by atoms with Crippen LogP contribution >= 0.6 is 0 Å². The minimum atomic E-state index is -0.793. The van der Waals surface area contributed by atoms with Gasteiger partial charge in [0, 0.05) is 25.2 Å². The molecule has 1 heterocycles. The van der Waals surface area contributed by atoms with Gasteiger partial charge in [0.2, 0.25) is 0 Å². The highest BCUT2D eigenvalue weighted by Gasteiger charge is 2.28. The van der Waals surface area contributed by atoms with Crippen LogP contribution in [-0.2, 0) is 4.79 Å². The van der Waals surface area contributed by atoms with Gasteiger partial charge in [0.25, 0.3) is 0 Å². The Morgan fingerprint density at radius 1 is 1.16 bits per heavy atom. The predicted molar refractivity (Wildman–Crippen MR) is 98.6 cm³/mol. The SMILES string of the molecule is CC(C)C1CCCC(NC(=O)N2CCCC(N(C)CC(=O)O)CC2)C1. The number of rotatable bonds is 5. The van der Waals surface area contributed by atoms with E-state index in [4.69, 9.17) is 5.11 Å². The van der Waals surface area contributed by atoms with E-state index < -0.39 is 5.97 Å². The zero-order valence-corrected chi connectivity index (χ0v) is 16.0. The Hall–Kier alpha value is -1.30. The molecule has 2 fully saturated rings. The molecule has 1 saturated carbocycles. The molecule has 0 bridgehead atoms. The van der Waals surface area contributed by atoms with Crippen molar-refractivity contribution in [3.63, 3.8) is 0 Å². The van der Waals surface area contributed by atoms with E-state index in [0.29, 0.717) is 18.5 Å². The van der Waals surface area contributed by atoms with E-state index >= 15 is 0 Å². The van der Waals surface area contributed by atoms with Gasteiger partial charge in [-0.2, -0.15) is 0 Å². The number of nitrogens with zero attached hydrogens (tertiary/aromatic N) is 2. The fraction of sp³-hybridized carbons (Fsp3) is 0.895. The number of likely N-dealkylation sites (N-methyl/N-ethyl adjacent to an activating group) is 1. The number of nitrogens with one attached hydrogen (secondary N) is 1. The van der Waals surface area contributed by atoms with E-state index in [9.17, 15) is 9.59 Å². The van der Waals surface area contributed by atoms with Crippen LogP contribution in [0.25, 0.3) is 0 Å². The molecular formula is C19H35N3O3. The fourth-order valence-corrected chi connectivity index (χ4v) is 4.30. The Morgan fingerprint density at radius 2 is 1.92 bits per heavy atom. The topological polar surface area (TPSA) is 72.9 Å². The number of hydrogen-bond donors (Lipinski definition) is 2. The average molecular weight is 354 g/mol. The van der Waals surface area contributed by atoms with E-state index in [1.54, 1.807) is 0 Å². The normalized spacial score (nSPS) is 28.0. The molecule has 2 N–H and O–H groups in total. The number of carboxylic acid groups (broad SMARTS) is 1. The molecule has 0 aromatic heterocycles. The number of amides is 2. The van der Waals surface area contributed by atoms with Crippen LogP contribution in [0.3, 0.4) is 0 Å². The maximum atomic E-state index is 12.7. The Balaban J connectivity index is 1.81. The Morgan fingerprint density at radius 3 is 2.60 bits per heavy atom. The van der Waals surface area contributed by atoms with Gasteiger partial charge in [0.15, 0.2) is 0 Å². The van der Waals surface area contributed by atoms with Crippen molar-refractivity contribution in [1.29, 1.82) is 0 Å². The van der Waals surface area contributed by atoms with Crippen LogP contribution in [0.2, 0.25) is 0 Å². The monoisotopic (exact) mass is 353 g/mol. The maximum Gasteiger partial charge on any atom is 0.317 e. The summed E-state index contributed by atoms with van der Waals surface area (Å²) in [7, 11) is 1.86. The molecule has 0 aromatic rings. The van der Waals surface area contributed by atoms with Crippen LogP contribution in [0, 0.1) is 11.8 Å². The van der Waals surface area contributed by atoms with Gasteiger partial charge < -0.3 is 15.3 Å². The Bertz CT molecular complexity index is 455. The smallest absolute Gasteiger partial charge is 0.317 e. The van der Waals surface area contributed by atoms with Crippen LogP contribution in [0.4, 0.5) is 4.79 Å². The molecule has 0 aromatic carbocycles. The highest BCUT2D eigenvalue weighted by molar-refractivity contribution is 5.74. The third kappa shape index (κ3) is 6.17. The largest absolute Gasteiger partial charge is 0.480 e. The van der Waals surface area contributed by atoms with Gasteiger partial charge in [-0.15, -0.1) is 0 Å². The van der Waals surface area contributed by atoms with Gasteiger partial charge in [-0.05, 0) is 51.0 Å². The first kappa shape index (κ1) is 20.0. The van der Waals surface area contributed by atoms with E-state index in [1.807, 2.05) is 16.8 Å². The zero-order valence-electron chi connectivity index (χ0n) is 16.0. The van der Waals surface area contributed by atoms with Crippen molar-refractivity contribution in [1.82, 2.24) is 15.1 Å². The molecule has 2 rings (SSSR count). The van der Waals surface area contributed by atoms with Gasteiger partial charge in [0.1, 0.15) is 0 Å². The predicted octanol–water partition coefficient (Wildman–Crippen LogP) is 2.78. The van der Waals surface area contributed by atoms with E-state index in [1.165, 1.54) is 12.8 Å². The van der Waals surface area contributed by atoms with Crippen LogP contribution in [-0.4, -0.2) is 65.7 Å². The van der Waals surface area contributed by atoms with Crippen molar-refractivity contribution in [2.75, 3.05) is 26.7 Å². The van der Waals surface area contributed by atoms with Crippen LogP contribution in [0.1, 0.15) is 58.8 Å². The maximum absolute atomic E-state index is 12.7. The van der Waals surface area contributed by atoms with Crippen LogP contribution < -0.4 is 5.32 Å². The van der Waals surface area contributed by atoms with Gasteiger partial charge in [-0.1, -0.05) is 26.7 Å². The molecule has 6 heteroatoms. The molecule has 3 unspecified atom stereocenters. The molecule has 144 valence electrons. The lowest BCUT2D eigenvalue weighted by Gasteiger charge is -2.33. The molecular weight excluding hydrogens is 318 g/mol. The summed E-state index contributed by atoms with van der Waals surface area (Å²) in [6.45, 7) is 6.09. The van der Waals surface area contributed by atoms with Gasteiger partial charge >= 0.3 is 12.0 Å². The van der Waals surface area contributed by atoms with E-state index in [2.05, 4.69) is 19.2 Å². The second-order valence-corrected chi connectivity index (χ2v) is 8.20. The Labute approximate surface area is 151 Å². The highest BCUT2D eigenvalue weighted by atomic mass is 16.4. The summed E-state index contributed by atoms with van der Waals surface area (Å²) in [6, 6.07) is 0.618. The molecule has 1 aliphatic heterocycles. The molecule has 2 aliphatic rings. The summed E-state index contributed by atoms with van der Waals surface area (Å²) in [5.41, 5.74) is 0. The summed E-state index contributed by atoms with van der Waals surface area (Å²) < 4.78 is 0. The summed E-state index contributed by atoms with van der Waals surface area (Å²) in [4.78, 5) is 27.4. The first-order valence-corrected chi connectivity index (χ1v) is 9.84. The lowest BCUT2D eigenvalue weighted by atomic mass is 9.79. The minimum Gasteiger partial charge on any atom is -0.480 e. The summed E-state index contributed by atoms with van der Waals surface area (Å²) in [5.74, 6) is 0.610. The van der Waals surface area contributed by atoms with Crippen molar-refractivity contribution in [3.05, 3.63) is 0 Å². The molecule has 0 radical (unpaired) electrons.